The summed E-state index contributed by atoms with van der Waals surface area (Å²) in [6.07, 6.45) is 4.09. The third-order valence-electron chi connectivity index (χ3n) is 5.40. The zero-order valence-corrected chi connectivity index (χ0v) is 17.6. The lowest BCUT2D eigenvalue weighted by atomic mass is 9.76. The van der Waals surface area contributed by atoms with Gasteiger partial charge in [-0.25, -0.2) is 0 Å². The van der Waals surface area contributed by atoms with E-state index in [9.17, 15) is 10.1 Å². The third kappa shape index (κ3) is 2.19. The van der Waals surface area contributed by atoms with Crippen molar-refractivity contribution in [3.63, 3.8) is 0 Å². The van der Waals surface area contributed by atoms with Crippen molar-refractivity contribution in [1.29, 1.82) is 0 Å². The van der Waals surface area contributed by atoms with Crippen LogP contribution in [-0.2, 0) is 5.41 Å². The Morgan fingerprint density at radius 3 is 2.62 bits per heavy atom. The predicted octanol–water partition coefficient (Wildman–Crippen LogP) is 5.65. The second kappa shape index (κ2) is 5.57. The van der Waals surface area contributed by atoms with E-state index in [0.29, 0.717) is 0 Å². The van der Waals surface area contributed by atoms with Crippen molar-refractivity contribution in [3.05, 3.63) is 66.6 Å². The van der Waals surface area contributed by atoms with Crippen LogP contribution in [0.3, 0.4) is 0 Å². The summed E-state index contributed by atoms with van der Waals surface area (Å²) < 4.78 is 8.40. The minimum atomic E-state index is -0.770. The number of fused-ring (bicyclic) bond motifs is 2. The van der Waals surface area contributed by atoms with Crippen LogP contribution >= 0.6 is 31.9 Å². The second-order valence-electron chi connectivity index (χ2n) is 7.08. The fourth-order valence-corrected chi connectivity index (χ4v) is 5.28. The van der Waals surface area contributed by atoms with Gasteiger partial charge < -0.3 is 9.64 Å². The molecule has 2 aromatic carbocycles. The number of rotatable bonds is 1. The Labute approximate surface area is 168 Å². The summed E-state index contributed by atoms with van der Waals surface area (Å²) in [4.78, 5) is 12.9. The van der Waals surface area contributed by atoms with E-state index < -0.39 is 11.1 Å². The molecule has 26 heavy (non-hydrogen) atoms. The maximum Gasteiger partial charge on any atom is 0.269 e. The highest BCUT2D eigenvalue weighted by molar-refractivity contribution is 9.11. The van der Waals surface area contributed by atoms with Gasteiger partial charge in [-0.15, -0.1) is 0 Å². The molecule has 4 rings (SSSR count). The summed E-state index contributed by atoms with van der Waals surface area (Å²) in [5.74, 6) is 0.762. The Kier molecular flexibility index (Phi) is 3.76. The number of nitro benzene ring substituents is 1. The molecule has 0 unspecified atom stereocenters. The summed E-state index contributed by atoms with van der Waals surface area (Å²) in [7, 11) is 1.96. The van der Waals surface area contributed by atoms with E-state index in [1.807, 2.05) is 31.3 Å². The molecule has 0 aromatic heterocycles. The summed E-state index contributed by atoms with van der Waals surface area (Å²) in [5.41, 5.74) is 1.63. The first kappa shape index (κ1) is 17.5. The number of hydrogen-bond donors (Lipinski definition) is 0. The number of anilines is 1. The molecule has 7 heteroatoms. The van der Waals surface area contributed by atoms with Crippen molar-refractivity contribution in [2.45, 2.75) is 25.0 Å². The maximum absolute atomic E-state index is 11.2. The lowest BCUT2D eigenvalue weighted by Crippen LogP contribution is -2.58. The van der Waals surface area contributed by atoms with Crippen LogP contribution in [0, 0.1) is 10.1 Å². The average molecular weight is 480 g/mol. The van der Waals surface area contributed by atoms with Crippen molar-refractivity contribution < 1.29 is 9.66 Å². The summed E-state index contributed by atoms with van der Waals surface area (Å²) in [5, 5.41) is 11.2. The number of halogens is 2. The van der Waals surface area contributed by atoms with Gasteiger partial charge in [0.15, 0.2) is 0 Å². The lowest BCUT2D eigenvalue weighted by Gasteiger charge is -2.46. The van der Waals surface area contributed by atoms with Gasteiger partial charge in [-0.1, -0.05) is 15.9 Å². The molecule has 2 aliphatic heterocycles. The van der Waals surface area contributed by atoms with Gasteiger partial charge in [0.05, 0.1) is 14.8 Å². The SMILES string of the molecule is CN1c2ccc([N+](=O)[O-])cc2C(C)(C)[C@@]12C=Cc1cc(Br)cc(Br)c1O2. The number of likely N-dealkylation sites (N-methyl/N-ethyl adjacent to an activating group) is 1. The summed E-state index contributed by atoms with van der Waals surface area (Å²) in [6, 6.07) is 8.95. The van der Waals surface area contributed by atoms with Gasteiger partial charge in [-0.2, -0.15) is 0 Å². The molecule has 0 radical (unpaired) electrons. The Hall–Kier alpha value is -1.86. The molecule has 134 valence electrons. The van der Waals surface area contributed by atoms with Crippen molar-refractivity contribution >= 4 is 49.3 Å². The van der Waals surface area contributed by atoms with Gasteiger partial charge in [0.1, 0.15) is 5.75 Å². The van der Waals surface area contributed by atoms with Crippen LogP contribution in [0.15, 0.2) is 45.4 Å². The zero-order chi connectivity index (χ0) is 18.9. The van der Waals surface area contributed by atoms with Crippen LogP contribution in [0.2, 0.25) is 0 Å². The van der Waals surface area contributed by atoms with E-state index in [4.69, 9.17) is 4.74 Å². The molecular weight excluding hydrogens is 464 g/mol. The van der Waals surface area contributed by atoms with Crippen LogP contribution in [0.4, 0.5) is 11.4 Å². The fourth-order valence-electron chi connectivity index (χ4n) is 3.94. The number of ether oxygens (including phenoxy) is 1. The van der Waals surface area contributed by atoms with Crippen molar-refractivity contribution in [2.75, 3.05) is 11.9 Å². The summed E-state index contributed by atoms with van der Waals surface area (Å²) >= 11 is 7.09. The third-order valence-corrected chi connectivity index (χ3v) is 6.45. The molecule has 5 nitrogen and oxygen atoms in total. The first-order chi connectivity index (χ1) is 12.2. The second-order valence-corrected chi connectivity index (χ2v) is 8.85. The van der Waals surface area contributed by atoms with Crippen LogP contribution in [0.25, 0.3) is 6.08 Å². The number of hydrogen-bond acceptors (Lipinski definition) is 4. The van der Waals surface area contributed by atoms with E-state index in [-0.39, 0.29) is 10.6 Å². The predicted molar refractivity (Wildman–Crippen MR) is 109 cm³/mol. The van der Waals surface area contributed by atoms with Gasteiger partial charge in [0.2, 0.25) is 5.72 Å². The molecule has 0 saturated carbocycles. The highest BCUT2D eigenvalue weighted by Crippen LogP contribution is 2.55. The number of nitro groups is 1. The van der Waals surface area contributed by atoms with Gasteiger partial charge in [-0.05, 0) is 65.7 Å². The lowest BCUT2D eigenvalue weighted by molar-refractivity contribution is -0.384. The molecule has 1 atom stereocenters. The molecule has 0 bridgehead atoms. The van der Waals surface area contributed by atoms with Gasteiger partial charge in [0.25, 0.3) is 5.69 Å². The Bertz CT molecular complexity index is 987. The minimum Gasteiger partial charge on any atom is -0.462 e. The van der Waals surface area contributed by atoms with Crippen LogP contribution < -0.4 is 9.64 Å². The molecular formula is C19H16Br2N2O3. The van der Waals surface area contributed by atoms with Crippen molar-refractivity contribution in [1.82, 2.24) is 0 Å². The van der Waals surface area contributed by atoms with E-state index in [1.54, 1.807) is 12.1 Å². The van der Waals surface area contributed by atoms with Gasteiger partial charge >= 0.3 is 0 Å². The largest absolute Gasteiger partial charge is 0.462 e. The van der Waals surface area contributed by atoms with E-state index in [1.165, 1.54) is 6.07 Å². The Morgan fingerprint density at radius 1 is 1.19 bits per heavy atom. The van der Waals surface area contributed by atoms with E-state index >= 15 is 0 Å². The monoisotopic (exact) mass is 478 g/mol. The van der Waals surface area contributed by atoms with Crippen molar-refractivity contribution in [3.8, 4) is 5.75 Å². The Morgan fingerprint density at radius 2 is 1.92 bits per heavy atom. The molecule has 2 heterocycles. The number of nitrogens with zero attached hydrogens (tertiary/aromatic N) is 2. The maximum atomic E-state index is 11.2. The molecule has 2 aliphatic rings. The van der Waals surface area contributed by atoms with Crippen molar-refractivity contribution in [2.24, 2.45) is 0 Å². The van der Waals surface area contributed by atoms with E-state index in [0.717, 1.165) is 31.5 Å². The summed E-state index contributed by atoms with van der Waals surface area (Å²) in [6.45, 7) is 4.11. The quantitative estimate of drug-likeness (QED) is 0.391. The van der Waals surface area contributed by atoms with Gasteiger partial charge in [-0.3, -0.25) is 10.1 Å². The van der Waals surface area contributed by atoms with Crippen LogP contribution in [-0.4, -0.2) is 17.7 Å². The molecule has 2 aromatic rings. The fraction of sp³-hybridized carbons (Fsp3) is 0.263. The highest BCUT2D eigenvalue weighted by Gasteiger charge is 2.58. The van der Waals surface area contributed by atoms with Gasteiger partial charge in [0, 0.05) is 34.9 Å². The molecule has 1 spiro atoms. The Balaban J connectivity index is 1.90. The smallest absolute Gasteiger partial charge is 0.269 e. The zero-order valence-electron chi connectivity index (χ0n) is 14.4. The molecule has 0 amide bonds. The molecule has 0 N–H and O–H groups in total. The first-order valence-corrected chi connectivity index (χ1v) is 9.66. The van der Waals surface area contributed by atoms with Crippen LogP contribution in [0.5, 0.6) is 5.75 Å². The molecule has 0 saturated heterocycles. The van der Waals surface area contributed by atoms with Crippen LogP contribution in [0.1, 0.15) is 25.0 Å². The normalized spacial score (nSPS) is 22.1. The first-order valence-electron chi connectivity index (χ1n) is 8.07. The highest BCUT2D eigenvalue weighted by atomic mass is 79.9. The van der Waals surface area contributed by atoms with E-state index in [2.05, 4.69) is 50.6 Å². The minimum absolute atomic E-state index is 0.0903. The molecule has 0 aliphatic carbocycles. The topological polar surface area (TPSA) is 55.6 Å². The number of non-ortho nitro benzene ring substituents is 1. The molecule has 0 fully saturated rings. The average Bonchev–Trinajstić information content (AvgIpc) is 2.74. The number of benzene rings is 2. The standard InChI is InChI=1S/C19H16Br2N2O3/c1-18(2)14-10-13(23(24)25)4-5-16(14)22(3)19(18)7-6-11-8-12(20)9-15(21)17(11)26-19/h4-10H,1-3H3/t19-/m0/s1.